The number of amides is 2. The number of rotatable bonds is 4. The number of carbonyl (C=O) groups excluding carboxylic acids is 2. The van der Waals surface area contributed by atoms with Crippen LogP contribution in [0.2, 0.25) is 0 Å². The third-order valence-electron chi connectivity index (χ3n) is 5.63. The average molecular weight is 345 g/mol. The number of likely N-dealkylation sites (tertiary alicyclic amines) is 1. The van der Waals surface area contributed by atoms with Gasteiger partial charge in [-0.2, -0.15) is 0 Å². The molecule has 4 atom stereocenters. The zero-order valence-corrected chi connectivity index (χ0v) is 15.2. The highest BCUT2D eigenvalue weighted by atomic mass is 16.2. The van der Waals surface area contributed by atoms with Gasteiger partial charge in [-0.1, -0.05) is 26.3 Å². The lowest BCUT2D eigenvalue weighted by Gasteiger charge is -2.44. The maximum atomic E-state index is 13.1. The smallest absolute Gasteiger partial charge is 0.250 e. The highest BCUT2D eigenvalue weighted by molar-refractivity contribution is 5.87. The molecule has 2 unspecified atom stereocenters. The first-order valence-electron chi connectivity index (χ1n) is 9.16. The van der Waals surface area contributed by atoms with E-state index in [1.165, 1.54) is 6.92 Å². The summed E-state index contributed by atoms with van der Waals surface area (Å²) in [5.41, 5.74) is 1.07. The first-order valence-corrected chi connectivity index (χ1v) is 9.16. The molecule has 6 heteroatoms. The normalized spacial score (nSPS) is 24.2. The van der Waals surface area contributed by atoms with Crippen molar-refractivity contribution >= 4 is 11.8 Å². The van der Waals surface area contributed by atoms with Crippen LogP contribution in [0.25, 0.3) is 0 Å². The van der Waals surface area contributed by atoms with E-state index >= 15 is 0 Å². The van der Waals surface area contributed by atoms with Crippen LogP contribution in [0.4, 0.5) is 0 Å². The molecule has 0 radical (unpaired) electrons. The van der Waals surface area contributed by atoms with E-state index in [0.717, 1.165) is 18.5 Å². The van der Waals surface area contributed by atoms with Crippen LogP contribution in [0.1, 0.15) is 45.2 Å². The SMILES string of the molecule is CCC(C)C(NC(C)=O)C(=O)N1C[C@H]2C[C@@H](C1)c1cccc(=O)n1C2. The number of carbonyl (C=O) groups is 2. The molecule has 2 amide bonds. The van der Waals surface area contributed by atoms with E-state index in [0.29, 0.717) is 25.6 Å². The van der Waals surface area contributed by atoms with Gasteiger partial charge in [0.1, 0.15) is 6.04 Å². The first-order chi connectivity index (χ1) is 11.9. The summed E-state index contributed by atoms with van der Waals surface area (Å²) in [6, 6.07) is 4.92. The van der Waals surface area contributed by atoms with Gasteiger partial charge in [0, 0.05) is 44.2 Å². The molecule has 0 spiro atoms. The third kappa shape index (κ3) is 3.48. The van der Waals surface area contributed by atoms with Crippen molar-refractivity contribution in [2.45, 2.75) is 52.1 Å². The molecule has 136 valence electrons. The number of aromatic nitrogens is 1. The lowest BCUT2D eigenvalue weighted by molar-refractivity contribution is -0.140. The van der Waals surface area contributed by atoms with Crippen LogP contribution >= 0.6 is 0 Å². The summed E-state index contributed by atoms with van der Waals surface area (Å²) in [4.78, 5) is 38.6. The number of nitrogens with one attached hydrogen (secondary N) is 1. The molecule has 1 saturated heterocycles. The van der Waals surface area contributed by atoms with Gasteiger partial charge in [-0.15, -0.1) is 0 Å². The van der Waals surface area contributed by atoms with E-state index in [1.54, 1.807) is 12.1 Å². The second-order valence-corrected chi connectivity index (χ2v) is 7.51. The molecule has 1 N–H and O–H groups in total. The van der Waals surface area contributed by atoms with Crippen molar-refractivity contribution < 1.29 is 9.59 Å². The van der Waals surface area contributed by atoms with Crippen LogP contribution in [0.15, 0.2) is 23.0 Å². The number of hydrogen-bond donors (Lipinski definition) is 1. The Balaban J connectivity index is 1.82. The maximum Gasteiger partial charge on any atom is 0.250 e. The molecule has 2 bridgehead atoms. The molecular weight excluding hydrogens is 318 g/mol. The van der Waals surface area contributed by atoms with Crippen LogP contribution in [-0.2, 0) is 16.1 Å². The fourth-order valence-electron chi connectivity index (χ4n) is 4.18. The summed E-state index contributed by atoms with van der Waals surface area (Å²) in [5, 5.41) is 2.84. The molecule has 0 aromatic carbocycles. The highest BCUT2D eigenvalue weighted by Gasteiger charge is 2.39. The molecule has 2 aliphatic rings. The van der Waals surface area contributed by atoms with Crippen LogP contribution in [0, 0.1) is 11.8 Å². The number of piperidine rings is 1. The van der Waals surface area contributed by atoms with Crippen molar-refractivity contribution in [1.82, 2.24) is 14.8 Å². The summed E-state index contributed by atoms with van der Waals surface area (Å²) in [7, 11) is 0. The van der Waals surface area contributed by atoms with Gasteiger partial charge in [0.25, 0.3) is 5.56 Å². The van der Waals surface area contributed by atoms with E-state index in [4.69, 9.17) is 0 Å². The largest absolute Gasteiger partial charge is 0.344 e. The summed E-state index contributed by atoms with van der Waals surface area (Å²) >= 11 is 0. The quantitative estimate of drug-likeness (QED) is 0.895. The summed E-state index contributed by atoms with van der Waals surface area (Å²) in [6.07, 6.45) is 1.84. The molecule has 25 heavy (non-hydrogen) atoms. The number of hydrogen-bond acceptors (Lipinski definition) is 3. The molecule has 0 saturated carbocycles. The topological polar surface area (TPSA) is 71.4 Å². The lowest BCUT2D eigenvalue weighted by Crippen LogP contribution is -2.56. The summed E-state index contributed by atoms with van der Waals surface area (Å²) in [5.74, 6) is 0.414. The van der Waals surface area contributed by atoms with E-state index in [1.807, 2.05) is 29.4 Å². The molecule has 3 heterocycles. The van der Waals surface area contributed by atoms with Gasteiger partial charge in [-0.05, 0) is 24.3 Å². The fourth-order valence-corrected chi connectivity index (χ4v) is 4.18. The van der Waals surface area contributed by atoms with E-state index in [-0.39, 0.29) is 29.2 Å². The average Bonchev–Trinajstić information content (AvgIpc) is 2.59. The van der Waals surface area contributed by atoms with Crippen LogP contribution < -0.4 is 10.9 Å². The van der Waals surface area contributed by atoms with Gasteiger partial charge in [-0.25, -0.2) is 0 Å². The molecule has 3 rings (SSSR count). The Bertz CT molecular complexity index is 727. The van der Waals surface area contributed by atoms with Crippen molar-refractivity contribution in [2.75, 3.05) is 13.1 Å². The Labute approximate surface area is 148 Å². The Morgan fingerprint density at radius 1 is 1.28 bits per heavy atom. The lowest BCUT2D eigenvalue weighted by atomic mass is 9.82. The van der Waals surface area contributed by atoms with Gasteiger partial charge in [0.2, 0.25) is 11.8 Å². The van der Waals surface area contributed by atoms with Crippen LogP contribution in [0.3, 0.4) is 0 Å². The third-order valence-corrected chi connectivity index (χ3v) is 5.63. The van der Waals surface area contributed by atoms with Crippen molar-refractivity contribution in [3.05, 3.63) is 34.2 Å². The van der Waals surface area contributed by atoms with Crippen molar-refractivity contribution in [1.29, 1.82) is 0 Å². The summed E-state index contributed by atoms with van der Waals surface area (Å²) in [6.45, 7) is 7.42. The molecule has 1 aromatic heterocycles. The van der Waals surface area contributed by atoms with E-state index in [9.17, 15) is 14.4 Å². The molecule has 2 aliphatic heterocycles. The monoisotopic (exact) mass is 345 g/mol. The van der Waals surface area contributed by atoms with Gasteiger partial charge in [0.15, 0.2) is 0 Å². The molecular formula is C19H27N3O3. The Morgan fingerprint density at radius 2 is 2.04 bits per heavy atom. The minimum absolute atomic E-state index is 0.00554. The van der Waals surface area contributed by atoms with Crippen molar-refractivity contribution in [3.8, 4) is 0 Å². The minimum Gasteiger partial charge on any atom is -0.344 e. The second-order valence-electron chi connectivity index (χ2n) is 7.51. The van der Waals surface area contributed by atoms with Gasteiger partial charge < -0.3 is 14.8 Å². The first kappa shape index (κ1) is 17.7. The zero-order valence-electron chi connectivity index (χ0n) is 15.2. The van der Waals surface area contributed by atoms with Gasteiger partial charge in [-0.3, -0.25) is 14.4 Å². The van der Waals surface area contributed by atoms with Crippen LogP contribution in [-0.4, -0.2) is 40.4 Å². The number of fused-ring (bicyclic) bond motifs is 4. The molecule has 6 nitrogen and oxygen atoms in total. The predicted molar refractivity (Wildman–Crippen MR) is 95.2 cm³/mol. The summed E-state index contributed by atoms with van der Waals surface area (Å²) < 4.78 is 1.86. The zero-order chi connectivity index (χ0) is 18.1. The Kier molecular flexibility index (Phi) is 4.97. The van der Waals surface area contributed by atoms with Crippen LogP contribution in [0.5, 0.6) is 0 Å². The maximum absolute atomic E-state index is 13.1. The predicted octanol–water partition coefficient (Wildman–Crippen LogP) is 1.34. The van der Waals surface area contributed by atoms with Gasteiger partial charge in [0.05, 0.1) is 0 Å². The Morgan fingerprint density at radius 3 is 2.72 bits per heavy atom. The van der Waals surface area contributed by atoms with E-state index in [2.05, 4.69) is 5.32 Å². The standard InChI is InChI=1S/C19H27N3O3/c1-4-12(2)18(20-13(3)23)19(25)21-9-14-8-15(11-21)16-6-5-7-17(24)22(16)10-14/h5-7,12,14-15,18H,4,8-11H2,1-3H3,(H,20,23)/t12?,14-,15+,18?/m1/s1. The highest BCUT2D eigenvalue weighted by Crippen LogP contribution is 2.35. The molecule has 1 fully saturated rings. The number of pyridine rings is 1. The van der Waals surface area contributed by atoms with Gasteiger partial charge >= 0.3 is 0 Å². The van der Waals surface area contributed by atoms with Crippen molar-refractivity contribution in [2.24, 2.45) is 11.8 Å². The Hall–Kier alpha value is -2.11. The minimum atomic E-state index is -0.473. The second kappa shape index (κ2) is 7.02. The van der Waals surface area contributed by atoms with E-state index < -0.39 is 6.04 Å². The van der Waals surface area contributed by atoms with Crippen molar-refractivity contribution in [3.63, 3.8) is 0 Å². The molecule has 0 aliphatic carbocycles. The fraction of sp³-hybridized carbons (Fsp3) is 0.632. The molecule has 1 aromatic rings. The number of nitrogens with zero attached hydrogens (tertiary/aromatic N) is 2.